The number of hydrogen-bond donors (Lipinski definition) is 2. The van der Waals surface area contributed by atoms with Crippen LogP contribution in [-0.2, 0) is 13.0 Å². The Labute approximate surface area is 188 Å². The van der Waals surface area contributed by atoms with Crippen LogP contribution in [0.4, 0.5) is 5.69 Å². The molecule has 1 amide bonds. The van der Waals surface area contributed by atoms with Crippen molar-refractivity contribution in [3.8, 4) is 11.5 Å². The lowest BCUT2D eigenvalue weighted by Crippen LogP contribution is -2.44. The van der Waals surface area contributed by atoms with Crippen molar-refractivity contribution in [1.29, 1.82) is 0 Å². The predicted octanol–water partition coefficient (Wildman–Crippen LogP) is 3.14. The second kappa shape index (κ2) is 9.58. The highest BCUT2D eigenvalue weighted by atomic mass is 16.5. The maximum absolute atomic E-state index is 12.9. The number of carbonyl (C=O) groups excluding carboxylic acids is 1. The number of nitrogens with zero attached hydrogens (tertiary/aromatic N) is 3. The number of rotatable bonds is 7. The van der Waals surface area contributed by atoms with Gasteiger partial charge < -0.3 is 24.7 Å². The Morgan fingerprint density at radius 2 is 1.78 bits per heavy atom. The van der Waals surface area contributed by atoms with E-state index in [0.29, 0.717) is 22.7 Å². The number of ether oxygens (including phenoxy) is 2. The minimum absolute atomic E-state index is 0.222. The van der Waals surface area contributed by atoms with Gasteiger partial charge in [0.05, 0.1) is 31.8 Å². The number of hydrogen-bond acceptors (Lipinski definition) is 6. The molecule has 170 valence electrons. The molecular formula is C24H31N5O3. The maximum atomic E-state index is 12.9. The molecule has 1 saturated heterocycles. The van der Waals surface area contributed by atoms with Gasteiger partial charge in [-0.2, -0.15) is 0 Å². The molecule has 4 rings (SSSR count). The highest BCUT2D eigenvalue weighted by Crippen LogP contribution is 2.31. The van der Waals surface area contributed by atoms with Gasteiger partial charge in [0.1, 0.15) is 17.3 Å². The van der Waals surface area contributed by atoms with Crippen molar-refractivity contribution in [3.63, 3.8) is 0 Å². The molecule has 0 atom stereocenters. The quantitative estimate of drug-likeness (QED) is 0.591. The van der Waals surface area contributed by atoms with Gasteiger partial charge in [-0.05, 0) is 43.8 Å². The highest BCUT2D eigenvalue weighted by Gasteiger charge is 2.17. The summed E-state index contributed by atoms with van der Waals surface area (Å²) in [6.07, 6.45) is 0.751. The van der Waals surface area contributed by atoms with Crippen molar-refractivity contribution < 1.29 is 14.3 Å². The molecule has 0 saturated carbocycles. The fraction of sp³-hybridized carbons (Fsp3) is 0.417. The van der Waals surface area contributed by atoms with Crippen molar-refractivity contribution in [1.82, 2.24) is 19.8 Å². The Morgan fingerprint density at radius 3 is 2.41 bits per heavy atom. The van der Waals surface area contributed by atoms with E-state index in [9.17, 15) is 4.79 Å². The van der Waals surface area contributed by atoms with Gasteiger partial charge in [0.15, 0.2) is 0 Å². The summed E-state index contributed by atoms with van der Waals surface area (Å²) in [6.45, 7) is 7.05. The van der Waals surface area contributed by atoms with Gasteiger partial charge in [0, 0.05) is 43.0 Å². The van der Waals surface area contributed by atoms with Gasteiger partial charge in [-0.3, -0.25) is 9.69 Å². The monoisotopic (exact) mass is 437 g/mol. The largest absolute Gasteiger partial charge is 0.496 e. The number of likely N-dealkylation sites (N-methyl/N-ethyl adjacent to an activating group) is 1. The molecule has 0 bridgehead atoms. The number of H-pyrrole nitrogens is 1. The summed E-state index contributed by atoms with van der Waals surface area (Å²) < 4.78 is 10.9. The third kappa shape index (κ3) is 4.71. The Morgan fingerprint density at radius 1 is 1.09 bits per heavy atom. The van der Waals surface area contributed by atoms with Gasteiger partial charge in [-0.1, -0.05) is 6.92 Å². The third-order valence-corrected chi connectivity index (χ3v) is 5.98. The summed E-state index contributed by atoms with van der Waals surface area (Å²) in [7, 11) is 5.35. The summed E-state index contributed by atoms with van der Waals surface area (Å²) in [5.74, 6) is 2.02. The number of methoxy groups -OCH3 is 2. The molecule has 0 aliphatic carbocycles. The molecule has 1 aliphatic heterocycles. The first kappa shape index (κ1) is 22.1. The number of amides is 1. The molecule has 8 heteroatoms. The van der Waals surface area contributed by atoms with Crippen molar-refractivity contribution in [2.75, 3.05) is 52.8 Å². The van der Waals surface area contributed by atoms with Crippen LogP contribution in [0.15, 0.2) is 30.3 Å². The van der Waals surface area contributed by atoms with E-state index < -0.39 is 0 Å². The number of aromatic amines is 1. The van der Waals surface area contributed by atoms with E-state index in [0.717, 1.165) is 61.6 Å². The molecule has 2 N–H and O–H groups in total. The predicted molar refractivity (Wildman–Crippen MR) is 126 cm³/mol. The zero-order valence-electron chi connectivity index (χ0n) is 19.2. The average Bonchev–Trinajstić information content (AvgIpc) is 3.20. The second-order valence-corrected chi connectivity index (χ2v) is 8.16. The smallest absolute Gasteiger partial charge is 0.255 e. The average molecular weight is 438 g/mol. The van der Waals surface area contributed by atoms with Crippen LogP contribution in [0.5, 0.6) is 11.5 Å². The van der Waals surface area contributed by atoms with E-state index in [1.54, 1.807) is 26.4 Å². The van der Waals surface area contributed by atoms with Crippen molar-refractivity contribution >= 4 is 22.6 Å². The van der Waals surface area contributed by atoms with E-state index in [1.165, 1.54) is 0 Å². The molecule has 1 fully saturated rings. The summed E-state index contributed by atoms with van der Waals surface area (Å²) in [4.78, 5) is 25.8. The van der Waals surface area contributed by atoms with Crippen LogP contribution in [0.25, 0.3) is 11.0 Å². The molecule has 2 heterocycles. The van der Waals surface area contributed by atoms with Gasteiger partial charge in [0.2, 0.25) is 0 Å². The Kier molecular flexibility index (Phi) is 6.62. The lowest BCUT2D eigenvalue weighted by molar-refractivity contribution is 0.102. The first-order chi connectivity index (χ1) is 15.5. The molecule has 0 radical (unpaired) electrons. The van der Waals surface area contributed by atoms with Gasteiger partial charge in [0.25, 0.3) is 5.91 Å². The number of benzene rings is 2. The SMILES string of the molecule is CCc1c(OC)cc(C(=O)Nc2ccc3nc(CN4CCN(C)CC4)[nH]c3c2)cc1OC. The van der Waals surface area contributed by atoms with E-state index in [2.05, 4.69) is 27.1 Å². The van der Waals surface area contributed by atoms with Crippen LogP contribution >= 0.6 is 0 Å². The fourth-order valence-corrected chi connectivity index (χ4v) is 4.10. The number of nitrogens with one attached hydrogen (secondary N) is 2. The van der Waals surface area contributed by atoms with Gasteiger partial charge >= 0.3 is 0 Å². The van der Waals surface area contributed by atoms with Crippen molar-refractivity contribution in [2.45, 2.75) is 19.9 Å². The van der Waals surface area contributed by atoms with Crippen LogP contribution in [0.2, 0.25) is 0 Å². The lowest BCUT2D eigenvalue weighted by atomic mass is 10.1. The van der Waals surface area contributed by atoms with E-state index in [4.69, 9.17) is 14.5 Å². The summed E-state index contributed by atoms with van der Waals surface area (Å²) in [6, 6.07) is 9.22. The van der Waals surface area contributed by atoms with Crippen molar-refractivity contribution in [2.24, 2.45) is 0 Å². The first-order valence-electron chi connectivity index (χ1n) is 11.0. The molecule has 32 heavy (non-hydrogen) atoms. The van der Waals surface area contributed by atoms with Crippen LogP contribution in [0.1, 0.15) is 28.7 Å². The molecule has 0 spiro atoms. The minimum Gasteiger partial charge on any atom is -0.496 e. The Hall–Kier alpha value is -3.10. The summed E-state index contributed by atoms with van der Waals surface area (Å²) in [5, 5.41) is 2.97. The molecule has 3 aromatic rings. The Balaban J connectivity index is 1.50. The van der Waals surface area contributed by atoms with E-state index in [1.807, 2.05) is 25.1 Å². The second-order valence-electron chi connectivity index (χ2n) is 8.16. The van der Waals surface area contributed by atoms with Crippen LogP contribution in [-0.4, -0.2) is 73.1 Å². The number of anilines is 1. The normalized spacial score (nSPS) is 15.1. The molecule has 1 aliphatic rings. The maximum Gasteiger partial charge on any atom is 0.255 e. The molecule has 8 nitrogen and oxygen atoms in total. The topological polar surface area (TPSA) is 82.7 Å². The number of aromatic nitrogens is 2. The molecular weight excluding hydrogens is 406 g/mol. The Bertz CT molecular complexity index is 1080. The number of imidazole rings is 1. The highest BCUT2D eigenvalue weighted by molar-refractivity contribution is 6.05. The number of carbonyl (C=O) groups is 1. The third-order valence-electron chi connectivity index (χ3n) is 5.98. The first-order valence-corrected chi connectivity index (χ1v) is 11.0. The standard InChI is InChI=1S/C24H31N5O3/c1-5-18-21(31-3)12-16(13-22(18)32-4)24(30)25-17-6-7-19-20(14-17)27-23(26-19)15-29-10-8-28(2)9-11-29/h6-7,12-14H,5,8-11,15H2,1-4H3,(H,25,30)(H,26,27). The zero-order valence-corrected chi connectivity index (χ0v) is 19.2. The summed E-state index contributed by atoms with van der Waals surface area (Å²) >= 11 is 0. The van der Waals surface area contributed by atoms with Crippen LogP contribution in [0, 0.1) is 0 Å². The van der Waals surface area contributed by atoms with Crippen molar-refractivity contribution in [3.05, 3.63) is 47.3 Å². The summed E-state index contributed by atoms with van der Waals surface area (Å²) in [5.41, 5.74) is 3.93. The fourth-order valence-electron chi connectivity index (χ4n) is 4.10. The van der Waals surface area contributed by atoms with E-state index >= 15 is 0 Å². The van der Waals surface area contributed by atoms with Crippen LogP contribution in [0.3, 0.4) is 0 Å². The molecule has 0 unspecified atom stereocenters. The van der Waals surface area contributed by atoms with Crippen LogP contribution < -0.4 is 14.8 Å². The van der Waals surface area contributed by atoms with E-state index in [-0.39, 0.29) is 5.91 Å². The number of piperazine rings is 1. The molecule has 2 aromatic carbocycles. The minimum atomic E-state index is -0.222. The number of fused-ring (bicyclic) bond motifs is 1. The zero-order chi connectivity index (χ0) is 22.7. The lowest BCUT2D eigenvalue weighted by Gasteiger charge is -2.31. The van der Waals surface area contributed by atoms with Gasteiger partial charge in [-0.15, -0.1) is 0 Å². The van der Waals surface area contributed by atoms with Gasteiger partial charge in [-0.25, -0.2) is 4.98 Å². The molecule has 1 aromatic heterocycles.